The Morgan fingerprint density at radius 1 is 1.14 bits per heavy atom. The number of aliphatic hydroxyl groups is 1. The van der Waals surface area contributed by atoms with Gasteiger partial charge in [-0.1, -0.05) is 6.07 Å². The molecule has 1 aromatic carbocycles. The van der Waals surface area contributed by atoms with E-state index < -0.39 is 18.1 Å². The number of aliphatic hydroxyl groups excluding tert-OH is 1. The smallest absolute Gasteiger partial charge is 0.414 e. The lowest BCUT2D eigenvalue weighted by Gasteiger charge is -2.41. The lowest BCUT2D eigenvalue weighted by molar-refractivity contribution is -0.215. The number of methoxy groups -OCH3 is 2. The lowest BCUT2D eigenvalue weighted by Crippen LogP contribution is -2.52. The number of benzene rings is 1. The summed E-state index contributed by atoms with van der Waals surface area (Å²) in [5, 5.41) is 13.6. The van der Waals surface area contributed by atoms with E-state index in [1.54, 1.807) is 24.4 Å². The van der Waals surface area contributed by atoms with Crippen LogP contribution in [0.4, 0.5) is 10.5 Å². The van der Waals surface area contributed by atoms with Gasteiger partial charge in [0.2, 0.25) is 11.7 Å². The zero-order valence-electron chi connectivity index (χ0n) is 20.8. The third kappa shape index (κ3) is 5.53. The second-order valence-corrected chi connectivity index (χ2v) is 8.91. The first-order valence-corrected chi connectivity index (χ1v) is 12.1. The SMILES string of the molecule is COc1ccc2nccc(NC(=O)OC3(OC)CCN([C@@H](O)Cc4ccc5c(c4)OCCO5)CC3)c2n1. The van der Waals surface area contributed by atoms with Crippen molar-refractivity contribution in [3.8, 4) is 17.4 Å². The Morgan fingerprint density at radius 2 is 1.92 bits per heavy atom. The summed E-state index contributed by atoms with van der Waals surface area (Å²) in [6.07, 6.45) is 1.46. The first-order chi connectivity index (χ1) is 18.0. The second kappa shape index (κ2) is 10.8. The molecular weight excluding hydrogens is 480 g/mol. The van der Waals surface area contributed by atoms with E-state index in [4.69, 9.17) is 23.7 Å². The van der Waals surface area contributed by atoms with E-state index in [9.17, 15) is 9.90 Å². The molecule has 11 heteroatoms. The van der Waals surface area contributed by atoms with Crippen LogP contribution in [-0.4, -0.2) is 78.6 Å². The van der Waals surface area contributed by atoms with E-state index in [2.05, 4.69) is 15.3 Å². The van der Waals surface area contributed by atoms with Crippen molar-refractivity contribution in [3.63, 3.8) is 0 Å². The predicted octanol–water partition coefficient (Wildman–Crippen LogP) is 2.96. The van der Waals surface area contributed by atoms with Crippen LogP contribution in [-0.2, 0) is 15.9 Å². The highest BCUT2D eigenvalue weighted by Gasteiger charge is 2.40. The third-order valence-corrected chi connectivity index (χ3v) is 6.66. The molecule has 37 heavy (non-hydrogen) atoms. The van der Waals surface area contributed by atoms with Crippen LogP contribution < -0.4 is 19.5 Å². The summed E-state index contributed by atoms with van der Waals surface area (Å²) >= 11 is 0. The number of anilines is 1. The molecule has 4 heterocycles. The Bertz CT molecular complexity index is 1260. The van der Waals surface area contributed by atoms with Crippen molar-refractivity contribution in [2.45, 2.75) is 31.3 Å². The highest BCUT2D eigenvalue weighted by molar-refractivity contribution is 5.96. The molecule has 1 atom stereocenters. The summed E-state index contributed by atoms with van der Waals surface area (Å²) in [6.45, 7) is 2.03. The summed E-state index contributed by atoms with van der Waals surface area (Å²) in [6, 6.07) is 10.8. The largest absolute Gasteiger partial charge is 0.486 e. The summed E-state index contributed by atoms with van der Waals surface area (Å²) < 4.78 is 27.8. The Morgan fingerprint density at radius 3 is 2.68 bits per heavy atom. The number of pyridine rings is 2. The average molecular weight is 511 g/mol. The molecule has 3 aromatic rings. The minimum atomic E-state index is -1.11. The number of carbonyl (C=O) groups excluding carboxylic acids is 1. The van der Waals surface area contributed by atoms with Crippen molar-refractivity contribution in [1.29, 1.82) is 0 Å². The maximum Gasteiger partial charge on any atom is 0.414 e. The maximum atomic E-state index is 12.8. The van der Waals surface area contributed by atoms with Crippen LogP contribution in [0.5, 0.6) is 17.4 Å². The van der Waals surface area contributed by atoms with Gasteiger partial charge in [0, 0.05) is 51.7 Å². The average Bonchev–Trinajstić information content (AvgIpc) is 2.93. The van der Waals surface area contributed by atoms with Gasteiger partial charge >= 0.3 is 6.09 Å². The van der Waals surface area contributed by atoms with Crippen molar-refractivity contribution in [2.75, 3.05) is 45.8 Å². The highest BCUT2D eigenvalue weighted by Crippen LogP contribution is 2.33. The normalized spacial score (nSPS) is 17.7. The van der Waals surface area contributed by atoms with E-state index in [0.717, 1.165) is 11.3 Å². The molecule has 2 aromatic heterocycles. The molecule has 0 radical (unpaired) electrons. The molecule has 1 fully saturated rings. The Labute approximate surface area is 214 Å². The van der Waals surface area contributed by atoms with Gasteiger partial charge in [-0.2, -0.15) is 0 Å². The van der Waals surface area contributed by atoms with Crippen molar-refractivity contribution < 1.29 is 33.6 Å². The van der Waals surface area contributed by atoms with Crippen LogP contribution in [0.2, 0.25) is 0 Å². The number of nitrogens with one attached hydrogen (secondary N) is 1. The molecule has 0 saturated carbocycles. The lowest BCUT2D eigenvalue weighted by atomic mass is 10.0. The molecule has 196 valence electrons. The summed E-state index contributed by atoms with van der Waals surface area (Å²) in [7, 11) is 3.04. The number of hydrogen-bond acceptors (Lipinski definition) is 10. The number of likely N-dealkylation sites (tertiary alicyclic amines) is 1. The number of nitrogens with zero attached hydrogens (tertiary/aromatic N) is 3. The van der Waals surface area contributed by atoms with Crippen molar-refractivity contribution in [1.82, 2.24) is 14.9 Å². The molecule has 0 spiro atoms. The van der Waals surface area contributed by atoms with E-state index in [1.807, 2.05) is 23.1 Å². The molecule has 0 aliphatic carbocycles. The molecular formula is C26H30N4O7. The zero-order chi connectivity index (χ0) is 25.8. The minimum absolute atomic E-state index is 0.401. The van der Waals surface area contributed by atoms with Crippen LogP contribution in [0, 0.1) is 0 Å². The van der Waals surface area contributed by atoms with Gasteiger partial charge in [-0.15, -0.1) is 0 Å². The highest BCUT2D eigenvalue weighted by atomic mass is 16.7. The van der Waals surface area contributed by atoms with Crippen LogP contribution >= 0.6 is 0 Å². The topological polar surface area (TPSA) is 125 Å². The van der Waals surface area contributed by atoms with Gasteiger partial charge in [0.15, 0.2) is 11.5 Å². The fourth-order valence-electron chi connectivity index (χ4n) is 4.59. The van der Waals surface area contributed by atoms with Gasteiger partial charge in [0.25, 0.3) is 0 Å². The fraction of sp³-hybridized carbons (Fsp3) is 0.423. The van der Waals surface area contributed by atoms with Crippen LogP contribution in [0.1, 0.15) is 18.4 Å². The molecule has 2 aliphatic heterocycles. The molecule has 5 rings (SSSR count). The standard InChI is InChI=1S/C26H30N4O7/c1-33-22-6-4-18-24(29-22)19(7-10-27-18)28-25(32)37-26(34-2)8-11-30(12-9-26)23(31)16-17-3-5-20-21(15-17)36-14-13-35-20/h3-7,10,15,23,31H,8-9,11-14,16H2,1-2H3,(H,27,28,32)/t23-/m0/s1. The number of fused-ring (bicyclic) bond motifs is 2. The number of aromatic nitrogens is 2. The second-order valence-electron chi connectivity index (χ2n) is 8.91. The maximum absolute atomic E-state index is 12.8. The first-order valence-electron chi connectivity index (χ1n) is 12.1. The van der Waals surface area contributed by atoms with Crippen molar-refractivity contribution in [3.05, 3.63) is 48.2 Å². The van der Waals surface area contributed by atoms with E-state index >= 15 is 0 Å². The Kier molecular flexibility index (Phi) is 7.26. The molecule has 0 unspecified atom stereocenters. The fourth-order valence-corrected chi connectivity index (χ4v) is 4.59. The van der Waals surface area contributed by atoms with Crippen molar-refractivity contribution >= 4 is 22.8 Å². The number of piperidine rings is 1. The molecule has 0 bridgehead atoms. The number of hydrogen-bond donors (Lipinski definition) is 2. The monoisotopic (exact) mass is 510 g/mol. The van der Waals surface area contributed by atoms with Gasteiger partial charge in [-0.25, -0.2) is 9.78 Å². The number of carbonyl (C=O) groups is 1. The van der Waals surface area contributed by atoms with Gasteiger partial charge in [-0.3, -0.25) is 15.2 Å². The number of rotatable bonds is 7. The quantitative estimate of drug-likeness (QED) is 0.459. The van der Waals surface area contributed by atoms with Crippen LogP contribution in [0.25, 0.3) is 11.0 Å². The van der Waals surface area contributed by atoms with Crippen molar-refractivity contribution in [2.24, 2.45) is 0 Å². The van der Waals surface area contributed by atoms with E-state index in [1.165, 1.54) is 14.2 Å². The minimum Gasteiger partial charge on any atom is -0.486 e. The van der Waals surface area contributed by atoms with Crippen LogP contribution in [0.15, 0.2) is 42.6 Å². The third-order valence-electron chi connectivity index (χ3n) is 6.66. The zero-order valence-corrected chi connectivity index (χ0v) is 20.8. The van der Waals surface area contributed by atoms with Gasteiger partial charge in [-0.05, 0) is 29.8 Å². The summed E-state index contributed by atoms with van der Waals surface area (Å²) in [5.74, 6) is 0.721. The van der Waals surface area contributed by atoms with E-state index in [0.29, 0.717) is 73.9 Å². The molecule has 2 aliphatic rings. The van der Waals surface area contributed by atoms with Crippen LogP contribution in [0.3, 0.4) is 0 Å². The van der Waals surface area contributed by atoms with E-state index in [-0.39, 0.29) is 0 Å². The molecule has 2 N–H and O–H groups in total. The van der Waals surface area contributed by atoms with Gasteiger partial charge in [0.1, 0.15) is 25.0 Å². The van der Waals surface area contributed by atoms with Gasteiger partial charge < -0.3 is 28.8 Å². The Hall–Kier alpha value is -3.67. The summed E-state index contributed by atoms with van der Waals surface area (Å²) in [5.41, 5.74) is 2.50. The number of ether oxygens (including phenoxy) is 5. The molecule has 11 nitrogen and oxygen atoms in total. The Balaban J connectivity index is 1.19. The summed E-state index contributed by atoms with van der Waals surface area (Å²) in [4.78, 5) is 23.4. The molecule has 1 amide bonds. The number of amides is 1. The first kappa shape index (κ1) is 25.0. The van der Waals surface area contributed by atoms with Gasteiger partial charge in [0.05, 0.1) is 18.3 Å². The molecule has 1 saturated heterocycles. The predicted molar refractivity (Wildman–Crippen MR) is 134 cm³/mol.